The average molecular weight is 166 g/mol. The number of fused-ring (bicyclic) bond motifs is 1. The Balaban J connectivity index is 1.97. The zero-order valence-corrected chi connectivity index (χ0v) is 8.26. The molecule has 0 radical (unpaired) electrons. The second-order valence-corrected chi connectivity index (χ2v) is 5.54. The molecule has 2 saturated carbocycles. The van der Waals surface area contributed by atoms with E-state index in [0.717, 1.165) is 11.8 Å². The van der Waals surface area contributed by atoms with Crippen LogP contribution in [0.5, 0.6) is 0 Å². The largest absolute Gasteiger partial charge is 0.299 e. The van der Waals surface area contributed by atoms with Gasteiger partial charge in [0.2, 0.25) is 0 Å². The van der Waals surface area contributed by atoms with E-state index in [1.807, 2.05) is 20.8 Å². The van der Waals surface area contributed by atoms with Crippen molar-refractivity contribution in [1.82, 2.24) is 0 Å². The minimum absolute atomic E-state index is 0.110. The van der Waals surface area contributed by atoms with E-state index in [1.54, 1.807) is 0 Å². The molecule has 0 aromatic carbocycles. The molecule has 12 heavy (non-hydrogen) atoms. The highest BCUT2D eigenvalue weighted by molar-refractivity contribution is 5.86. The van der Waals surface area contributed by atoms with Crippen molar-refractivity contribution in [2.75, 3.05) is 0 Å². The summed E-state index contributed by atoms with van der Waals surface area (Å²) in [4.78, 5) is 11.8. The normalized spacial score (nSPS) is 39.4. The lowest BCUT2D eigenvalue weighted by atomic mass is 9.81. The van der Waals surface area contributed by atoms with Crippen LogP contribution in [0.2, 0.25) is 0 Å². The highest BCUT2D eigenvalue weighted by Crippen LogP contribution is 2.55. The fraction of sp³-hybridized carbons (Fsp3) is 0.909. The fourth-order valence-corrected chi connectivity index (χ4v) is 2.54. The van der Waals surface area contributed by atoms with Gasteiger partial charge >= 0.3 is 0 Å². The van der Waals surface area contributed by atoms with Crippen LogP contribution >= 0.6 is 0 Å². The smallest absolute Gasteiger partial charge is 0.141 e. The minimum atomic E-state index is -0.110. The molecule has 2 aliphatic carbocycles. The van der Waals surface area contributed by atoms with Crippen molar-refractivity contribution in [3.63, 3.8) is 0 Å². The highest BCUT2D eigenvalue weighted by Gasteiger charge is 2.49. The summed E-state index contributed by atoms with van der Waals surface area (Å²) in [5.74, 6) is 2.77. The van der Waals surface area contributed by atoms with Crippen molar-refractivity contribution >= 4 is 5.78 Å². The van der Waals surface area contributed by atoms with E-state index >= 15 is 0 Å². The van der Waals surface area contributed by atoms with Gasteiger partial charge in [-0.05, 0) is 31.1 Å². The molecule has 68 valence electrons. The molecule has 0 heterocycles. The van der Waals surface area contributed by atoms with Crippen LogP contribution < -0.4 is 0 Å². The maximum atomic E-state index is 11.8. The van der Waals surface area contributed by atoms with Crippen LogP contribution in [0.15, 0.2) is 0 Å². The Morgan fingerprint density at radius 1 is 1.08 bits per heavy atom. The van der Waals surface area contributed by atoms with Crippen LogP contribution in [0.3, 0.4) is 0 Å². The van der Waals surface area contributed by atoms with Gasteiger partial charge < -0.3 is 0 Å². The molecule has 1 heteroatoms. The van der Waals surface area contributed by atoms with Gasteiger partial charge in [0.25, 0.3) is 0 Å². The molecule has 0 N–H and O–H groups in total. The Hall–Kier alpha value is -0.330. The van der Waals surface area contributed by atoms with Crippen LogP contribution in [0.25, 0.3) is 0 Å². The zero-order valence-electron chi connectivity index (χ0n) is 8.26. The van der Waals surface area contributed by atoms with Crippen LogP contribution in [0.4, 0.5) is 0 Å². The van der Waals surface area contributed by atoms with Gasteiger partial charge in [0, 0.05) is 11.3 Å². The average Bonchev–Trinajstić information content (AvgIpc) is 2.56. The van der Waals surface area contributed by atoms with Crippen molar-refractivity contribution < 1.29 is 4.79 Å². The van der Waals surface area contributed by atoms with Gasteiger partial charge in [-0.15, -0.1) is 0 Å². The van der Waals surface area contributed by atoms with Crippen molar-refractivity contribution in [2.24, 2.45) is 23.2 Å². The Morgan fingerprint density at radius 3 is 2.00 bits per heavy atom. The first-order valence-electron chi connectivity index (χ1n) is 5.03. The molecule has 0 aliphatic heterocycles. The van der Waals surface area contributed by atoms with Gasteiger partial charge in [-0.1, -0.05) is 20.8 Å². The summed E-state index contributed by atoms with van der Waals surface area (Å²) < 4.78 is 0. The standard InChI is InChI=1S/C11H18O/c1-11(2,3)10(12)9-5-7-4-8(7)6-9/h7-9H,4-6H2,1-3H3/t7-,8+,9?. The van der Waals surface area contributed by atoms with Crippen molar-refractivity contribution in [3.8, 4) is 0 Å². The monoisotopic (exact) mass is 166 g/mol. The zero-order chi connectivity index (χ0) is 8.93. The Bertz CT molecular complexity index is 202. The maximum absolute atomic E-state index is 11.8. The number of carbonyl (C=O) groups is 1. The van der Waals surface area contributed by atoms with Crippen LogP contribution in [-0.2, 0) is 4.79 Å². The molecule has 2 rings (SSSR count). The molecule has 0 spiro atoms. The molecule has 3 atom stereocenters. The first-order chi connectivity index (χ1) is 5.48. The van der Waals surface area contributed by atoms with E-state index in [1.165, 1.54) is 19.3 Å². The predicted octanol–water partition coefficient (Wildman–Crippen LogP) is 2.65. The summed E-state index contributed by atoms with van der Waals surface area (Å²) in [6.07, 6.45) is 3.80. The van der Waals surface area contributed by atoms with E-state index in [2.05, 4.69) is 0 Å². The quantitative estimate of drug-likeness (QED) is 0.585. The molecule has 2 aliphatic rings. The molecule has 0 aromatic rings. The Labute approximate surface area is 74.5 Å². The molecule has 0 aromatic heterocycles. The maximum Gasteiger partial charge on any atom is 0.141 e. The van der Waals surface area contributed by atoms with Crippen LogP contribution in [0, 0.1) is 23.2 Å². The molecule has 0 saturated heterocycles. The lowest BCUT2D eigenvalue weighted by Crippen LogP contribution is -2.27. The number of Topliss-reactive ketones (excluding diaryl/α,β-unsaturated/α-hetero) is 1. The Morgan fingerprint density at radius 2 is 1.58 bits per heavy atom. The lowest BCUT2D eigenvalue weighted by molar-refractivity contribution is -0.130. The summed E-state index contributed by atoms with van der Waals surface area (Å²) in [7, 11) is 0. The highest BCUT2D eigenvalue weighted by atomic mass is 16.1. The van der Waals surface area contributed by atoms with Crippen molar-refractivity contribution in [3.05, 3.63) is 0 Å². The number of hydrogen-bond acceptors (Lipinski definition) is 1. The number of hydrogen-bond donors (Lipinski definition) is 0. The van der Waals surface area contributed by atoms with Crippen molar-refractivity contribution in [2.45, 2.75) is 40.0 Å². The molecular weight excluding hydrogens is 148 g/mol. The van der Waals surface area contributed by atoms with Crippen LogP contribution in [-0.4, -0.2) is 5.78 Å². The van der Waals surface area contributed by atoms with Gasteiger partial charge in [-0.25, -0.2) is 0 Å². The lowest BCUT2D eigenvalue weighted by Gasteiger charge is -2.22. The second kappa shape index (κ2) is 2.34. The number of carbonyl (C=O) groups excluding carboxylic acids is 1. The molecule has 1 nitrogen and oxygen atoms in total. The minimum Gasteiger partial charge on any atom is -0.299 e. The van der Waals surface area contributed by atoms with Gasteiger partial charge in [-0.3, -0.25) is 4.79 Å². The molecule has 1 unspecified atom stereocenters. The summed E-state index contributed by atoms with van der Waals surface area (Å²) in [6.45, 7) is 6.12. The summed E-state index contributed by atoms with van der Waals surface area (Å²) >= 11 is 0. The number of ketones is 1. The third kappa shape index (κ3) is 1.30. The number of rotatable bonds is 1. The molecule has 2 fully saturated rings. The van der Waals surface area contributed by atoms with Crippen molar-refractivity contribution in [1.29, 1.82) is 0 Å². The first kappa shape index (κ1) is 8.28. The molecule has 0 amide bonds. The van der Waals surface area contributed by atoms with Gasteiger partial charge in [0.15, 0.2) is 0 Å². The van der Waals surface area contributed by atoms with E-state index in [9.17, 15) is 4.79 Å². The van der Waals surface area contributed by atoms with E-state index in [-0.39, 0.29) is 5.41 Å². The van der Waals surface area contributed by atoms with E-state index in [0.29, 0.717) is 11.7 Å². The third-order valence-corrected chi connectivity index (χ3v) is 3.35. The van der Waals surface area contributed by atoms with Gasteiger partial charge in [0.05, 0.1) is 0 Å². The summed E-state index contributed by atoms with van der Waals surface area (Å²) in [5.41, 5.74) is -0.110. The van der Waals surface area contributed by atoms with Gasteiger partial charge in [-0.2, -0.15) is 0 Å². The van der Waals surface area contributed by atoms with E-state index in [4.69, 9.17) is 0 Å². The summed E-state index contributed by atoms with van der Waals surface area (Å²) in [6, 6.07) is 0. The fourth-order valence-electron chi connectivity index (χ4n) is 2.54. The van der Waals surface area contributed by atoms with Gasteiger partial charge in [0.1, 0.15) is 5.78 Å². The molecule has 0 bridgehead atoms. The Kier molecular flexibility index (Phi) is 1.61. The first-order valence-corrected chi connectivity index (χ1v) is 5.03. The second-order valence-electron chi connectivity index (χ2n) is 5.54. The van der Waals surface area contributed by atoms with Crippen LogP contribution in [0.1, 0.15) is 40.0 Å². The van der Waals surface area contributed by atoms with E-state index < -0.39 is 0 Å². The molecular formula is C11H18O. The third-order valence-electron chi connectivity index (χ3n) is 3.35. The predicted molar refractivity (Wildman–Crippen MR) is 48.8 cm³/mol. The summed E-state index contributed by atoms with van der Waals surface area (Å²) in [5, 5.41) is 0. The SMILES string of the molecule is CC(C)(C)C(=O)C1C[C@@H]2C[C@@H]2C1. The topological polar surface area (TPSA) is 17.1 Å².